The van der Waals surface area contributed by atoms with Crippen molar-refractivity contribution in [3.8, 4) is 0 Å². The van der Waals surface area contributed by atoms with Crippen LogP contribution >= 0.6 is 0 Å². The highest BCUT2D eigenvalue weighted by atomic mass is 16.6. The van der Waals surface area contributed by atoms with E-state index in [1.807, 2.05) is 13.8 Å². The molecule has 0 N–H and O–H groups in total. The zero-order valence-corrected chi connectivity index (χ0v) is 13.3. The molecule has 0 aliphatic rings. The third-order valence-electron chi connectivity index (χ3n) is 3.05. The van der Waals surface area contributed by atoms with E-state index in [2.05, 4.69) is 27.7 Å². The number of hydrogen-bond acceptors (Lipinski definition) is 2. The summed E-state index contributed by atoms with van der Waals surface area (Å²) in [7, 11) is 0. The van der Waals surface area contributed by atoms with Crippen molar-refractivity contribution < 1.29 is 9.53 Å². The van der Waals surface area contributed by atoms with Gasteiger partial charge < -0.3 is 4.74 Å². The molecular formula is C16H32O2. The van der Waals surface area contributed by atoms with Gasteiger partial charge in [-0.1, -0.05) is 47.0 Å². The molecule has 0 aromatic rings. The normalized spacial score (nSPS) is 12.6. The van der Waals surface area contributed by atoms with Crippen molar-refractivity contribution in [2.45, 2.75) is 92.1 Å². The molecule has 0 aromatic carbocycles. The van der Waals surface area contributed by atoms with Crippen LogP contribution < -0.4 is 0 Å². The summed E-state index contributed by atoms with van der Waals surface area (Å²) in [4.78, 5) is 11.7. The first kappa shape index (κ1) is 17.5. The largest absolute Gasteiger partial charge is 0.460 e. The van der Waals surface area contributed by atoms with E-state index in [0.717, 1.165) is 25.7 Å². The number of unbranched alkanes of at least 4 members (excludes halogenated alkanes) is 2. The minimum atomic E-state index is -0.294. The van der Waals surface area contributed by atoms with Gasteiger partial charge in [-0.15, -0.1) is 0 Å². The van der Waals surface area contributed by atoms with Gasteiger partial charge in [0.2, 0.25) is 0 Å². The van der Waals surface area contributed by atoms with Gasteiger partial charge in [0.05, 0.1) is 0 Å². The minimum Gasteiger partial charge on any atom is -0.460 e. The number of carbonyl (C=O) groups is 1. The van der Waals surface area contributed by atoms with Gasteiger partial charge in [0, 0.05) is 6.42 Å². The average Bonchev–Trinajstić information content (AvgIpc) is 2.13. The average molecular weight is 256 g/mol. The molecule has 0 bridgehead atoms. The van der Waals surface area contributed by atoms with Gasteiger partial charge in [0.15, 0.2) is 0 Å². The lowest BCUT2D eigenvalue weighted by Gasteiger charge is -2.24. The van der Waals surface area contributed by atoms with Gasteiger partial charge >= 0.3 is 5.97 Å². The van der Waals surface area contributed by atoms with E-state index in [9.17, 15) is 4.79 Å². The second-order valence-corrected chi connectivity index (χ2v) is 7.11. The van der Waals surface area contributed by atoms with Crippen LogP contribution in [0.4, 0.5) is 0 Å². The topological polar surface area (TPSA) is 26.3 Å². The van der Waals surface area contributed by atoms with E-state index in [1.165, 1.54) is 12.8 Å². The molecule has 0 unspecified atom stereocenters. The lowest BCUT2D eigenvalue weighted by atomic mass is 9.89. The lowest BCUT2D eigenvalue weighted by Crippen LogP contribution is -2.27. The minimum absolute atomic E-state index is 0.0378. The quantitative estimate of drug-likeness (QED) is 0.446. The lowest BCUT2D eigenvalue weighted by molar-refractivity contribution is -0.157. The van der Waals surface area contributed by atoms with Crippen molar-refractivity contribution in [3.05, 3.63) is 0 Å². The van der Waals surface area contributed by atoms with Crippen LogP contribution in [0, 0.1) is 5.41 Å². The van der Waals surface area contributed by atoms with Gasteiger partial charge in [0.1, 0.15) is 5.60 Å². The number of carbonyl (C=O) groups excluding carboxylic acids is 1. The molecule has 0 saturated carbocycles. The number of hydrogen-bond donors (Lipinski definition) is 0. The molecule has 0 saturated heterocycles. The van der Waals surface area contributed by atoms with Crippen molar-refractivity contribution in [1.82, 2.24) is 0 Å². The molecule has 18 heavy (non-hydrogen) atoms. The molecule has 0 amide bonds. The van der Waals surface area contributed by atoms with Crippen LogP contribution in [0.15, 0.2) is 0 Å². The Morgan fingerprint density at radius 2 is 1.56 bits per heavy atom. The predicted octanol–water partition coefficient (Wildman–Crippen LogP) is 5.10. The maximum atomic E-state index is 11.7. The Morgan fingerprint density at radius 3 is 2.06 bits per heavy atom. The predicted molar refractivity (Wildman–Crippen MR) is 77.6 cm³/mol. The Bertz CT molecular complexity index is 236. The summed E-state index contributed by atoms with van der Waals surface area (Å²) in [6, 6.07) is 0. The van der Waals surface area contributed by atoms with Gasteiger partial charge in [-0.25, -0.2) is 0 Å². The molecule has 0 fully saturated rings. The van der Waals surface area contributed by atoms with Gasteiger partial charge in [-0.2, -0.15) is 0 Å². The molecule has 0 aliphatic heterocycles. The first-order valence-electron chi connectivity index (χ1n) is 7.38. The third-order valence-corrected chi connectivity index (χ3v) is 3.05. The Labute approximate surface area is 113 Å². The molecule has 0 radical (unpaired) electrons. The first-order chi connectivity index (χ1) is 8.16. The number of esters is 1. The van der Waals surface area contributed by atoms with E-state index in [4.69, 9.17) is 4.74 Å². The first-order valence-corrected chi connectivity index (χ1v) is 7.38. The monoisotopic (exact) mass is 256 g/mol. The molecule has 0 spiro atoms. The SMILES string of the molecule is CCCC(C)(C)OC(=O)CCCCCC(C)(C)C. The fourth-order valence-electron chi connectivity index (χ4n) is 2.11. The Balaban J connectivity index is 3.66. The van der Waals surface area contributed by atoms with Crippen LogP contribution in [0.1, 0.15) is 86.5 Å². The summed E-state index contributed by atoms with van der Waals surface area (Å²) in [5.41, 5.74) is 0.112. The van der Waals surface area contributed by atoms with Crippen LogP contribution in [-0.2, 0) is 9.53 Å². The maximum absolute atomic E-state index is 11.7. The van der Waals surface area contributed by atoms with Gasteiger partial charge in [-0.05, 0) is 38.5 Å². The van der Waals surface area contributed by atoms with Crippen molar-refractivity contribution in [1.29, 1.82) is 0 Å². The fourth-order valence-corrected chi connectivity index (χ4v) is 2.11. The van der Waals surface area contributed by atoms with Gasteiger partial charge in [-0.3, -0.25) is 4.79 Å². The summed E-state index contributed by atoms with van der Waals surface area (Å²) >= 11 is 0. The van der Waals surface area contributed by atoms with Crippen molar-refractivity contribution in [2.75, 3.05) is 0 Å². The summed E-state index contributed by atoms with van der Waals surface area (Å²) in [6.45, 7) is 12.9. The zero-order chi connectivity index (χ0) is 14.2. The zero-order valence-electron chi connectivity index (χ0n) is 13.3. The third kappa shape index (κ3) is 10.6. The fraction of sp³-hybridized carbons (Fsp3) is 0.938. The second-order valence-electron chi connectivity index (χ2n) is 7.11. The van der Waals surface area contributed by atoms with Crippen molar-refractivity contribution in [3.63, 3.8) is 0 Å². The molecule has 0 rings (SSSR count). The molecule has 0 aromatic heterocycles. The van der Waals surface area contributed by atoms with Gasteiger partial charge in [0.25, 0.3) is 0 Å². The van der Waals surface area contributed by atoms with E-state index < -0.39 is 0 Å². The van der Waals surface area contributed by atoms with Crippen LogP contribution in [-0.4, -0.2) is 11.6 Å². The molecule has 2 heteroatoms. The second kappa shape index (κ2) is 7.81. The Kier molecular flexibility index (Phi) is 7.58. The highest BCUT2D eigenvalue weighted by molar-refractivity contribution is 5.69. The summed E-state index contributed by atoms with van der Waals surface area (Å²) in [5, 5.41) is 0. The standard InChI is InChI=1S/C16H32O2/c1-7-12-16(5,6)18-14(17)11-9-8-10-13-15(2,3)4/h7-13H2,1-6H3. The molecule has 0 atom stereocenters. The molecule has 108 valence electrons. The number of ether oxygens (including phenoxy) is 1. The summed E-state index contributed by atoms with van der Waals surface area (Å²) < 4.78 is 5.49. The summed E-state index contributed by atoms with van der Waals surface area (Å²) in [6.07, 6.45) is 7.06. The van der Waals surface area contributed by atoms with Crippen LogP contribution in [0.5, 0.6) is 0 Å². The highest BCUT2D eigenvalue weighted by Crippen LogP contribution is 2.23. The molecule has 0 heterocycles. The smallest absolute Gasteiger partial charge is 0.306 e. The molecular weight excluding hydrogens is 224 g/mol. The van der Waals surface area contributed by atoms with E-state index in [-0.39, 0.29) is 11.6 Å². The van der Waals surface area contributed by atoms with E-state index in [1.54, 1.807) is 0 Å². The summed E-state index contributed by atoms with van der Waals surface area (Å²) in [5.74, 6) is -0.0378. The highest BCUT2D eigenvalue weighted by Gasteiger charge is 2.21. The Morgan fingerprint density at radius 1 is 0.944 bits per heavy atom. The molecule has 2 nitrogen and oxygen atoms in total. The van der Waals surface area contributed by atoms with Crippen molar-refractivity contribution in [2.24, 2.45) is 5.41 Å². The van der Waals surface area contributed by atoms with Crippen LogP contribution in [0.25, 0.3) is 0 Å². The molecule has 0 aliphatic carbocycles. The number of rotatable bonds is 8. The maximum Gasteiger partial charge on any atom is 0.306 e. The van der Waals surface area contributed by atoms with E-state index >= 15 is 0 Å². The van der Waals surface area contributed by atoms with Crippen LogP contribution in [0.2, 0.25) is 0 Å². The Hall–Kier alpha value is -0.530. The van der Waals surface area contributed by atoms with Crippen molar-refractivity contribution >= 4 is 5.97 Å². The van der Waals surface area contributed by atoms with E-state index in [0.29, 0.717) is 11.8 Å². The van der Waals surface area contributed by atoms with Crippen LogP contribution in [0.3, 0.4) is 0 Å².